The second kappa shape index (κ2) is 9.69. The maximum absolute atomic E-state index is 13.8. The standard InChI is InChI=1S/C21H17Br2O6P/c1-26-18-4-3-5-19(27-2)20(18)21(24)30(25,28-16-10-6-14(22)7-11-16)29-17-12-8-15(23)9-13-17/h3-13H,1-2H3. The van der Waals surface area contributed by atoms with E-state index in [1.807, 2.05) is 0 Å². The molecule has 6 nitrogen and oxygen atoms in total. The molecule has 30 heavy (non-hydrogen) atoms. The Morgan fingerprint density at radius 1 is 0.733 bits per heavy atom. The quantitative estimate of drug-likeness (QED) is 0.287. The summed E-state index contributed by atoms with van der Waals surface area (Å²) in [5.74, 6) is 0.804. The number of ether oxygens (including phenoxy) is 2. The molecule has 9 heteroatoms. The lowest BCUT2D eigenvalue weighted by molar-refractivity contribution is 0.104. The molecule has 0 N–H and O–H groups in total. The molecule has 0 spiro atoms. The molecular weight excluding hydrogens is 539 g/mol. The Labute approximate surface area is 190 Å². The minimum atomic E-state index is -4.42. The summed E-state index contributed by atoms with van der Waals surface area (Å²) in [6.07, 6.45) is 0. The summed E-state index contributed by atoms with van der Waals surface area (Å²) in [6, 6.07) is 17.9. The van der Waals surface area contributed by atoms with E-state index in [9.17, 15) is 9.36 Å². The van der Waals surface area contributed by atoms with E-state index in [4.69, 9.17) is 18.5 Å². The van der Waals surface area contributed by atoms with Crippen molar-refractivity contribution in [1.29, 1.82) is 0 Å². The molecule has 0 bridgehead atoms. The monoisotopic (exact) mass is 554 g/mol. The highest BCUT2D eigenvalue weighted by atomic mass is 79.9. The van der Waals surface area contributed by atoms with Crippen LogP contribution in [-0.2, 0) is 4.57 Å². The Balaban J connectivity index is 2.08. The van der Waals surface area contributed by atoms with Gasteiger partial charge in [-0.25, -0.2) is 4.57 Å². The fourth-order valence-corrected chi connectivity index (χ4v) is 4.59. The molecule has 0 fully saturated rings. The number of methoxy groups -OCH3 is 2. The van der Waals surface area contributed by atoms with Crippen molar-refractivity contribution in [3.05, 3.63) is 81.2 Å². The van der Waals surface area contributed by atoms with Crippen molar-refractivity contribution in [3.63, 3.8) is 0 Å². The summed E-state index contributed by atoms with van der Waals surface area (Å²) >= 11 is 6.66. The Morgan fingerprint density at radius 3 is 1.50 bits per heavy atom. The van der Waals surface area contributed by atoms with Crippen molar-refractivity contribution in [2.24, 2.45) is 0 Å². The highest BCUT2D eigenvalue weighted by molar-refractivity contribution is 9.10. The van der Waals surface area contributed by atoms with Gasteiger partial charge in [-0.2, -0.15) is 0 Å². The van der Waals surface area contributed by atoms with Gasteiger partial charge in [0.15, 0.2) is 0 Å². The van der Waals surface area contributed by atoms with Gasteiger partial charge in [-0.1, -0.05) is 37.9 Å². The third kappa shape index (κ3) is 5.06. The van der Waals surface area contributed by atoms with Crippen LogP contribution >= 0.6 is 39.5 Å². The Bertz CT molecular complexity index is 1010. The zero-order valence-electron chi connectivity index (χ0n) is 16.0. The predicted octanol–water partition coefficient (Wildman–Crippen LogP) is 6.72. The summed E-state index contributed by atoms with van der Waals surface area (Å²) in [5.41, 5.74) is -0.914. The average molecular weight is 556 g/mol. The first-order valence-corrected chi connectivity index (χ1v) is 11.8. The predicted molar refractivity (Wildman–Crippen MR) is 121 cm³/mol. The van der Waals surface area contributed by atoms with E-state index in [2.05, 4.69) is 31.9 Å². The van der Waals surface area contributed by atoms with Crippen LogP contribution in [0.1, 0.15) is 10.4 Å². The number of hydrogen-bond donors (Lipinski definition) is 0. The normalized spacial score (nSPS) is 10.9. The first kappa shape index (κ1) is 22.4. The molecule has 156 valence electrons. The Morgan fingerprint density at radius 2 is 1.13 bits per heavy atom. The number of hydrogen-bond acceptors (Lipinski definition) is 6. The molecule has 0 radical (unpaired) electrons. The lowest BCUT2D eigenvalue weighted by Gasteiger charge is -2.21. The van der Waals surface area contributed by atoms with Crippen LogP contribution in [0.15, 0.2) is 75.7 Å². The van der Waals surface area contributed by atoms with Gasteiger partial charge in [0.05, 0.1) is 14.2 Å². The fourth-order valence-electron chi connectivity index (χ4n) is 2.57. The molecule has 0 aromatic heterocycles. The molecular formula is C21H17Br2O6P. The molecule has 0 unspecified atom stereocenters. The molecule has 0 saturated carbocycles. The molecule has 0 aliphatic carbocycles. The zero-order chi connectivity index (χ0) is 21.7. The Hall–Kier alpha value is -2.28. The average Bonchev–Trinajstić information content (AvgIpc) is 2.75. The molecule has 0 atom stereocenters. The molecule has 0 aliphatic heterocycles. The van der Waals surface area contributed by atoms with Crippen LogP contribution in [0.25, 0.3) is 0 Å². The van der Waals surface area contributed by atoms with Gasteiger partial charge in [0.25, 0.3) is 0 Å². The zero-order valence-corrected chi connectivity index (χ0v) is 20.1. The van der Waals surface area contributed by atoms with E-state index in [1.54, 1.807) is 66.7 Å². The molecule has 0 heterocycles. The van der Waals surface area contributed by atoms with E-state index in [0.29, 0.717) is 0 Å². The largest absolute Gasteiger partial charge is 0.503 e. The minimum absolute atomic E-state index is 0.0277. The summed E-state index contributed by atoms with van der Waals surface area (Å²) in [5, 5.41) is 0. The molecule has 3 aromatic carbocycles. The highest BCUT2D eigenvalue weighted by Crippen LogP contribution is 2.53. The van der Waals surface area contributed by atoms with Crippen molar-refractivity contribution in [1.82, 2.24) is 0 Å². The van der Waals surface area contributed by atoms with Crippen LogP contribution in [0.3, 0.4) is 0 Å². The molecule has 0 amide bonds. The van der Waals surface area contributed by atoms with Gasteiger partial charge in [0.2, 0.25) is 0 Å². The molecule has 0 aliphatic rings. The summed E-state index contributed by atoms with van der Waals surface area (Å²) in [6.45, 7) is 0. The number of rotatable bonds is 8. The van der Waals surface area contributed by atoms with Crippen molar-refractivity contribution < 1.29 is 27.9 Å². The van der Waals surface area contributed by atoms with Crippen molar-refractivity contribution in [2.75, 3.05) is 14.2 Å². The SMILES string of the molecule is COc1cccc(OC)c1C(=O)P(=O)(Oc1ccc(Br)cc1)Oc1ccc(Br)cc1. The summed E-state index contributed by atoms with van der Waals surface area (Å²) < 4.78 is 37.3. The summed E-state index contributed by atoms with van der Waals surface area (Å²) in [7, 11) is -1.61. The molecule has 3 rings (SSSR count). The first-order valence-electron chi connectivity index (χ1n) is 8.62. The van der Waals surface area contributed by atoms with Gasteiger partial charge in [-0.3, -0.25) is 4.79 Å². The van der Waals surface area contributed by atoms with Crippen LogP contribution in [0.4, 0.5) is 0 Å². The number of carbonyl (C=O) groups excluding carboxylic acids is 1. The van der Waals surface area contributed by atoms with E-state index in [0.717, 1.165) is 8.95 Å². The lowest BCUT2D eigenvalue weighted by atomic mass is 10.2. The first-order chi connectivity index (χ1) is 14.4. The van der Waals surface area contributed by atoms with Gasteiger partial charge in [0, 0.05) is 8.95 Å². The fraction of sp³-hybridized carbons (Fsp3) is 0.0952. The minimum Gasteiger partial charge on any atom is -0.496 e. The maximum atomic E-state index is 13.8. The third-order valence-corrected chi connectivity index (χ3v) is 6.65. The maximum Gasteiger partial charge on any atom is 0.503 e. The van der Waals surface area contributed by atoms with E-state index in [1.165, 1.54) is 14.2 Å². The third-order valence-electron chi connectivity index (χ3n) is 3.97. The van der Waals surface area contributed by atoms with Crippen LogP contribution in [0, 0.1) is 0 Å². The topological polar surface area (TPSA) is 71.1 Å². The van der Waals surface area contributed by atoms with Gasteiger partial charge in [0.1, 0.15) is 28.6 Å². The number of carbonyl (C=O) groups is 1. The number of halogens is 2. The number of benzene rings is 3. The lowest BCUT2D eigenvalue weighted by Crippen LogP contribution is -2.14. The van der Waals surface area contributed by atoms with Crippen LogP contribution in [-0.4, -0.2) is 19.7 Å². The van der Waals surface area contributed by atoms with Crippen molar-refractivity contribution in [2.45, 2.75) is 0 Å². The molecule has 3 aromatic rings. The van der Waals surface area contributed by atoms with Crippen molar-refractivity contribution in [3.8, 4) is 23.0 Å². The van der Waals surface area contributed by atoms with Crippen LogP contribution in [0.2, 0.25) is 0 Å². The second-order valence-corrected chi connectivity index (χ2v) is 9.53. The second-order valence-electron chi connectivity index (χ2n) is 5.93. The smallest absolute Gasteiger partial charge is 0.496 e. The van der Waals surface area contributed by atoms with Gasteiger partial charge < -0.3 is 18.5 Å². The Kier molecular flexibility index (Phi) is 7.23. The van der Waals surface area contributed by atoms with E-state index in [-0.39, 0.29) is 28.6 Å². The van der Waals surface area contributed by atoms with Crippen molar-refractivity contribution >= 4 is 45.0 Å². The van der Waals surface area contributed by atoms with E-state index >= 15 is 0 Å². The van der Waals surface area contributed by atoms with Gasteiger partial charge in [-0.15, -0.1) is 0 Å². The van der Waals surface area contributed by atoms with Gasteiger partial charge in [-0.05, 0) is 60.7 Å². The van der Waals surface area contributed by atoms with Crippen LogP contribution < -0.4 is 18.5 Å². The van der Waals surface area contributed by atoms with E-state index < -0.39 is 13.1 Å². The van der Waals surface area contributed by atoms with Crippen LogP contribution in [0.5, 0.6) is 23.0 Å². The molecule has 0 saturated heterocycles. The summed E-state index contributed by atoms with van der Waals surface area (Å²) in [4.78, 5) is 13.5. The highest BCUT2D eigenvalue weighted by Gasteiger charge is 2.43. The van der Waals surface area contributed by atoms with Gasteiger partial charge >= 0.3 is 13.1 Å².